The minimum atomic E-state index is 0.458. The van der Waals surface area contributed by atoms with E-state index in [0.29, 0.717) is 12.0 Å². The van der Waals surface area contributed by atoms with Crippen molar-refractivity contribution in [2.75, 3.05) is 0 Å². The molecule has 0 saturated heterocycles. The molecule has 2 heteroatoms. The number of rotatable bonds is 7. The summed E-state index contributed by atoms with van der Waals surface area (Å²) < 4.78 is 4.98. The van der Waals surface area contributed by atoms with Gasteiger partial charge in [0, 0.05) is 6.42 Å². The molecule has 0 fully saturated rings. The number of benzene rings is 2. The third kappa shape index (κ3) is 4.07. The first-order valence-electron chi connectivity index (χ1n) is 9.81. The van der Waals surface area contributed by atoms with Gasteiger partial charge in [0.15, 0.2) is 0 Å². The molecular formula is C24H31N2+. The number of aromatic nitrogens is 2. The Balaban J connectivity index is 1.95. The van der Waals surface area contributed by atoms with E-state index in [9.17, 15) is 0 Å². The maximum Gasteiger partial charge on any atom is 0.261 e. The molecule has 1 aromatic heterocycles. The van der Waals surface area contributed by atoms with Gasteiger partial charge in [-0.3, -0.25) is 0 Å². The Kier molecular flexibility index (Phi) is 5.92. The standard InChI is InChI=1S/C24H31N2/c1-5-25-18-23(16-20(4)22-14-10-7-11-15-22)26(19(2)3)24(25)17-21-12-8-6-9-13-21/h6-15,18-20H,5,16-17H2,1-4H3/q+1. The number of aryl methyl sites for hydroxylation is 1. The summed E-state index contributed by atoms with van der Waals surface area (Å²) in [6.07, 6.45) is 4.42. The molecular weight excluding hydrogens is 316 g/mol. The summed E-state index contributed by atoms with van der Waals surface area (Å²) in [6.45, 7) is 10.2. The molecule has 1 unspecified atom stereocenters. The Bertz CT molecular complexity index is 816. The molecule has 1 atom stereocenters. The van der Waals surface area contributed by atoms with E-state index in [-0.39, 0.29) is 0 Å². The van der Waals surface area contributed by atoms with Crippen molar-refractivity contribution in [2.24, 2.45) is 0 Å². The number of hydrogen-bond acceptors (Lipinski definition) is 0. The van der Waals surface area contributed by atoms with E-state index in [4.69, 9.17) is 0 Å². The van der Waals surface area contributed by atoms with E-state index < -0.39 is 0 Å². The van der Waals surface area contributed by atoms with E-state index in [1.807, 2.05) is 0 Å². The highest BCUT2D eigenvalue weighted by molar-refractivity contribution is 5.22. The van der Waals surface area contributed by atoms with Crippen molar-refractivity contribution < 1.29 is 4.57 Å². The van der Waals surface area contributed by atoms with Gasteiger partial charge in [-0.1, -0.05) is 67.6 Å². The zero-order valence-electron chi connectivity index (χ0n) is 16.5. The molecule has 0 aliphatic rings. The summed E-state index contributed by atoms with van der Waals surface area (Å²) in [7, 11) is 0. The van der Waals surface area contributed by atoms with Crippen LogP contribution >= 0.6 is 0 Å². The van der Waals surface area contributed by atoms with Crippen molar-refractivity contribution in [1.82, 2.24) is 4.57 Å². The maximum atomic E-state index is 2.55. The zero-order chi connectivity index (χ0) is 18.5. The van der Waals surface area contributed by atoms with Gasteiger partial charge in [-0.15, -0.1) is 0 Å². The lowest BCUT2D eigenvalue weighted by molar-refractivity contribution is -0.700. The molecule has 0 aliphatic carbocycles. The molecule has 0 saturated carbocycles. The lowest BCUT2D eigenvalue weighted by atomic mass is 9.96. The van der Waals surface area contributed by atoms with Crippen molar-refractivity contribution in [1.29, 1.82) is 0 Å². The summed E-state index contributed by atoms with van der Waals surface area (Å²) in [5.41, 5.74) is 4.22. The first-order valence-corrected chi connectivity index (χ1v) is 9.81. The van der Waals surface area contributed by atoms with E-state index in [2.05, 4.69) is 104 Å². The Morgan fingerprint density at radius 3 is 2.08 bits per heavy atom. The second-order valence-electron chi connectivity index (χ2n) is 7.46. The van der Waals surface area contributed by atoms with Crippen LogP contribution in [0.1, 0.15) is 62.3 Å². The molecule has 0 bridgehead atoms. The van der Waals surface area contributed by atoms with Gasteiger partial charge in [-0.25, -0.2) is 9.13 Å². The molecule has 2 aromatic carbocycles. The van der Waals surface area contributed by atoms with Gasteiger partial charge in [0.1, 0.15) is 11.9 Å². The van der Waals surface area contributed by atoms with Crippen LogP contribution in [0.25, 0.3) is 0 Å². The Morgan fingerprint density at radius 2 is 1.50 bits per heavy atom. The predicted molar refractivity (Wildman–Crippen MR) is 108 cm³/mol. The average molecular weight is 348 g/mol. The summed E-state index contributed by atoms with van der Waals surface area (Å²) in [4.78, 5) is 0. The molecule has 0 spiro atoms. The molecule has 0 N–H and O–H groups in total. The van der Waals surface area contributed by atoms with Gasteiger partial charge >= 0.3 is 0 Å². The van der Waals surface area contributed by atoms with Crippen LogP contribution in [0.5, 0.6) is 0 Å². The van der Waals surface area contributed by atoms with E-state index in [0.717, 1.165) is 19.4 Å². The fourth-order valence-corrected chi connectivity index (χ4v) is 3.85. The molecule has 1 heterocycles. The van der Waals surface area contributed by atoms with Gasteiger partial charge in [-0.2, -0.15) is 0 Å². The summed E-state index contributed by atoms with van der Waals surface area (Å²) >= 11 is 0. The van der Waals surface area contributed by atoms with E-state index in [1.54, 1.807) is 0 Å². The van der Waals surface area contributed by atoms with Crippen LogP contribution in [-0.4, -0.2) is 4.57 Å². The first kappa shape index (κ1) is 18.4. The van der Waals surface area contributed by atoms with Crippen molar-refractivity contribution >= 4 is 0 Å². The van der Waals surface area contributed by atoms with Crippen LogP contribution in [0.2, 0.25) is 0 Å². The molecule has 136 valence electrons. The second-order valence-corrected chi connectivity index (χ2v) is 7.46. The van der Waals surface area contributed by atoms with Crippen LogP contribution in [-0.2, 0) is 19.4 Å². The Hall–Kier alpha value is -2.35. The first-order chi connectivity index (χ1) is 12.6. The van der Waals surface area contributed by atoms with Crippen LogP contribution in [0.15, 0.2) is 66.9 Å². The van der Waals surface area contributed by atoms with Crippen molar-refractivity contribution in [3.8, 4) is 0 Å². The third-order valence-electron chi connectivity index (χ3n) is 5.17. The second kappa shape index (κ2) is 8.35. The minimum Gasteiger partial charge on any atom is -0.234 e. The van der Waals surface area contributed by atoms with Gasteiger partial charge < -0.3 is 0 Å². The molecule has 0 amide bonds. The SMILES string of the molecule is CC[n+]1cc(CC(C)c2ccccc2)n(C(C)C)c1Cc1ccccc1. The number of hydrogen-bond donors (Lipinski definition) is 0. The predicted octanol–water partition coefficient (Wildman–Crippen LogP) is 5.31. The van der Waals surface area contributed by atoms with Gasteiger partial charge in [-0.05, 0) is 37.8 Å². The lowest BCUT2D eigenvalue weighted by Gasteiger charge is -2.13. The van der Waals surface area contributed by atoms with Gasteiger partial charge in [0.25, 0.3) is 5.82 Å². The van der Waals surface area contributed by atoms with Gasteiger partial charge in [0.2, 0.25) is 0 Å². The normalized spacial score (nSPS) is 12.5. The highest BCUT2D eigenvalue weighted by Gasteiger charge is 2.26. The lowest BCUT2D eigenvalue weighted by Crippen LogP contribution is -2.36. The Morgan fingerprint density at radius 1 is 0.885 bits per heavy atom. The monoisotopic (exact) mass is 347 g/mol. The van der Waals surface area contributed by atoms with Gasteiger partial charge in [0.05, 0.1) is 19.0 Å². The van der Waals surface area contributed by atoms with Crippen LogP contribution in [0.3, 0.4) is 0 Å². The smallest absolute Gasteiger partial charge is 0.234 e. The molecule has 26 heavy (non-hydrogen) atoms. The minimum absolute atomic E-state index is 0.458. The third-order valence-corrected chi connectivity index (χ3v) is 5.17. The summed E-state index contributed by atoms with van der Waals surface area (Å²) in [5, 5.41) is 0. The Labute approximate surface area is 158 Å². The number of imidazole rings is 1. The zero-order valence-corrected chi connectivity index (χ0v) is 16.5. The van der Waals surface area contributed by atoms with Crippen molar-refractivity contribution in [3.63, 3.8) is 0 Å². The topological polar surface area (TPSA) is 8.81 Å². The number of nitrogens with zero attached hydrogens (tertiary/aromatic N) is 2. The van der Waals surface area contributed by atoms with E-state index in [1.165, 1.54) is 22.6 Å². The van der Waals surface area contributed by atoms with Crippen molar-refractivity contribution in [3.05, 3.63) is 89.5 Å². The molecule has 0 aliphatic heterocycles. The van der Waals surface area contributed by atoms with E-state index >= 15 is 0 Å². The molecule has 0 radical (unpaired) electrons. The highest BCUT2D eigenvalue weighted by atomic mass is 15.2. The van der Waals surface area contributed by atoms with Crippen molar-refractivity contribution in [2.45, 2.75) is 59.0 Å². The molecule has 3 aromatic rings. The fraction of sp³-hybridized carbons (Fsp3) is 0.375. The summed E-state index contributed by atoms with van der Waals surface area (Å²) in [5.74, 6) is 1.92. The van der Waals surface area contributed by atoms with Crippen LogP contribution < -0.4 is 4.57 Å². The fourth-order valence-electron chi connectivity index (χ4n) is 3.85. The molecule has 2 nitrogen and oxygen atoms in total. The quantitative estimate of drug-likeness (QED) is 0.512. The maximum absolute atomic E-state index is 2.55. The summed E-state index contributed by atoms with van der Waals surface area (Å²) in [6, 6.07) is 22.1. The van der Waals surface area contributed by atoms with Crippen LogP contribution in [0.4, 0.5) is 0 Å². The van der Waals surface area contributed by atoms with Crippen LogP contribution in [0, 0.1) is 0 Å². The average Bonchev–Trinajstić information content (AvgIpc) is 3.00. The highest BCUT2D eigenvalue weighted by Crippen LogP contribution is 2.23. The molecule has 3 rings (SSSR count). The largest absolute Gasteiger partial charge is 0.261 e.